The summed E-state index contributed by atoms with van der Waals surface area (Å²) in [6, 6.07) is 11.0. The number of carbonyl (C=O) groups is 1. The number of nitrogens with zero attached hydrogens (tertiary/aromatic N) is 1. The first-order valence-electron chi connectivity index (χ1n) is 7.12. The van der Waals surface area contributed by atoms with Gasteiger partial charge in [0, 0.05) is 34.8 Å². The molecule has 0 radical (unpaired) electrons. The van der Waals surface area contributed by atoms with Gasteiger partial charge in [-0.05, 0) is 25.1 Å². The molecule has 0 fully saturated rings. The van der Waals surface area contributed by atoms with Crippen LogP contribution in [0.4, 0.5) is 0 Å². The Balaban J connectivity index is 2.25. The molecule has 0 aliphatic rings. The SMILES string of the molecule is COc1cccc(-c2[nH]c(C)c(-c3cccnc3)c2C(=O)O)c1. The van der Waals surface area contributed by atoms with E-state index in [9.17, 15) is 9.90 Å². The van der Waals surface area contributed by atoms with Crippen LogP contribution in [0, 0.1) is 6.92 Å². The number of rotatable bonds is 4. The smallest absolute Gasteiger partial charge is 0.338 e. The predicted octanol–water partition coefficient (Wildman–Crippen LogP) is 3.76. The summed E-state index contributed by atoms with van der Waals surface area (Å²) < 4.78 is 5.23. The summed E-state index contributed by atoms with van der Waals surface area (Å²) in [5.41, 5.74) is 3.78. The van der Waals surface area contributed by atoms with Crippen LogP contribution in [0.2, 0.25) is 0 Å². The Kier molecular flexibility index (Phi) is 3.85. The van der Waals surface area contributed by atoms with Crippen molar-refractivity contribution in [2.75, 3.05) is 7.11 Å². The van der Waals surface area contributed by atoms with E-state index in [-0.39, 0.29) is 5.56 Å². The first kappa shape index (κ1) is 14.8. The molecule has 5 nitrogen and oxygen atoms in total. The third-order valence-corrected chi connectivity index (χ3v) is 3.71. The van der Waals surface area contributed by atoms with Gasteiger partial charge in [0.1, 0.15) is 5.75 Å². The molecule has 0 saturated carbocycles. The number of hydrogen-bond acceptors (Lipinski definition) is 3. The monoisotopic (exact) mass is 308 g/mol. The number of H-pyrrole nitrogens is 1. The van der Waals surface area contributed by atoms with Crippen molar-refractivity contribution in [3.05, 3.63) is 60.0 Å². The van der Waals surface area contributed by atoms with Crippen molar-refractivity contribution in [2.45, 2.75) is 6.92 Å². The highest BCUT2D eigenvalue weighted by Crippen LogP contribution is 2.35. The van der Waals surface area contributed by atoms with Crippen LogP contribution in [0.3, 0.4) is 0 Å². The second-order valence-corrected chi connectivity index (χ2v) is 5.15. The van der Waals surface area contributed by atoms with Gasteiger partial charge in [-0.3, -0.25) is 4.98 Å². The maximum Gasteiger partial charge on any atom is 0.338 e. The van der Waals surface area contributed by atoms with E-state index in [1.54, 1.807) is 25.6 Å². The fraction of sp³-hybridized carbons (Fsp3) is 0.111. The zero-order valence-corrected chi connectivity index (χ0v) is 12.8. The molecule has 3 aromatic rings. The topological polar surface area (TPSA) is 75.2 Å². The summed E-state index contributed by atoms with van der Waals surface area (Å²) in [5, 5.41) is 9.74. The van der Waals surface area contributed by atoms with Crippen molar-refractivity contribution in [2.24, 2.45) is 0 Å². The van der Waals surface area contributed by atoms with Gasteiger partial charge in [-0.2, -0.15) is 0 Å². The van der Waals surface area contributed by atoms with Crippen LogP contribution < -0.4 is 4.74 Å². The molecule has 0 atom stereocenters. The molecule has 2 heterocycles. The van der Waals surface area contributed by atoms with E-state index in [4.69, 9.17) is 4.74 Å². The van der Waals surface area contributed by atoms with Crippen LogP contribution in [0.15, 0.2) is 48.8 Å². The minimum absolute atomic E-state index is 0.240. The molecule has 0 bridgehead atoms. The Labute approximate surface area is 133 Å². The first-order chi connectivity index (χ1) is 11.1. The number of aromatic nitrogens is 2. The van der Waals surface area contributed by atoms with E-state index in [2.05, 4.69) is 9.97 Å². The average molecular weight is 308 g/mol. The van der Waals surface area contributed by atoms with Crippen molar-refractivity contribution in [3.8, 4) is 28.1 Å². The van der Waals surface area contributed by atoms with Crippen LogP contribution in [0.1, 0.15) is 16.1 Å². The number of hydrogen-bond donors (Lipinski definition) is 2. The molecule has 3 rings (SSSR count). The van der Waals surface area contributed by atoms with Gasteiger partial charge in [0.25, 0.3) is 0 Å². The molecule has 2 aromatic heterocycles. The molecule has 0 aliphatic carbocycles. The van der Waals surface area contributed by atoms with Crippen molar-refractivity contribution in [1.82, 2.24) is 9.97 Å². The average Bonchev–Trinajstić information content (AvgIpc) is 2.93. The largest absolute Gasteiger partial charge is 0.497 e. The maximum atomic E-state index is 11.9. The van der Waals surface area contributed by atoms with E-state index < -0.39 is 5.97 Å². The lowest BCUT2D eigenvalue weighted by molar-refractivity contribution is 0.0698. The number of aromatic amines is 1. The summed E-state index contributed by atoms with van der Waals surface area (Å²) in [7, 11) is 1.58. The summed E-state index contributed by atoms with van der Waals surface area (Å²) in [5.74, 6) is -0.306. The highest BCUT2D eigenvalue weighted by molar-refractivity contribution is 6.03. The number of carboxylic acids is 1. The van der Waals surface area contributed by atoms with Gasteiger partial charge in [0.05, 0.1) is 18.4 Å². The van der Waals surface area contributed by atoms with Crippen LogP contribution in [-0.2, 0) is 0 Å². The molecule has 0 aliphatic heterocycles. The molecule has 2 N–H and O–H groups in total. The lowest BCUT2D eigenvalue weighted by Gasteiger charge is -2.06. The molecule has 0 spiro atoms. The lowest BCUT2D eigenvalue weighted by atomic mass is 9.99. The Morgan fingerprint density at radius 3 is 2.65 bits per heavy atom. The van der Waals surface area contributed by atoms with E-state index >= 15 is 0 Å². The van der Waals surface area contributed by atoms with Gasteiger partial charge in [-0.1, -0.05) is 18.2 Å². The summed E-state index contributed by atoms with van der Waals surface area (Å²) >= 11 is 0. The van der Waals surface area contributed by atoms with Crippen molar-refractivity contribution < 1.29 is 14.6 Å². The van der Waals surface area contributed by atoms with Gasteiger partial charge in [0.15, 0.2) is 0 Å². The van der Waals surface area contributed by atoms with Crippen molar-refractivity contribution in [1.29, 1.82) is 0 Å². The standard InChI is InChI=1S/C18H16N2O3/c1-11-15(13-6-4-8-19-10-13)16(18(21)22)17(20-11)12-5-3-7-14(9-12)23-2/h3-10,20H,1-2H3,(H,21,22). The second-order valence-electron chi connectivity index (χ2n) is 5.15. The number of carboxylic acid groups (broad SMARTS) is 1. The summed E-state index contributed by atoms with van der Waals surface area (Å²) in [6.07, 6.45) is 3.33. The molecular formula is C18H16N2O3. The van der Waals surface area contributed by atoms with Gasteiger partial charge in [-0.15, -0.1) is 0 Å². The molecule has 116 valence electrons. The summed E-state index contributed by atoms with van der Waals surface area (Å²) in [6.45, 7) is 1.86. The number of ether oxygens (including phenoxy) is 1. The fourth-order valence-electron chi connectivity index (χ4n) is 2.71. The number of benzene rings is 1. The predicted molar refractivity (Wildman–Crippen MR) is 87.7 cm³/mol. The Bertz CT molecular complexity index is 854. The van der Waals surface area contributed by atoms with Crippen LogP contribution >= 0.6 is 0 Å². The molecule has 0 unspecified atom stereocenters. The molecular weight excluding hydrogens is 292 g/mol. The first-order valence-corrected chi connectivity index (χ1v) is 7.12. The molecule has 23 heavy (non-hydrogen) atoms. The van der Waals surface area contributed by atoms with E-state index in [1.165, 1.54) is 0 Å². The molecule has 1 aromatic carbocycles. The van der Waals surface area contributed by atoms with E-state index in [0.29, 0.717) is 17.0 Å². The number of aryl methyl sites for hydroxylation is 1. The third kappa shape index (κ3) is 2.68. The highest BCUT2D eigenvalue weighted by atomic mass is 16.5. The minimum atomic E-state index is -0.981. The third-order valence-electron chi connectivity index (χ3n) is 3.71. The van der Waals surface area contributed by atoms with E-state index in [1.807, 2.05) is 37.3 Å². The Morgan fingerprint density at radius 1 is 1.22 bits per heavy atom. The molecule has 0 amide bonds. The molecule has 5 heteroatoms. The zero-order valence-electron chi connectivity index (χ0n) is 12.8. The van der Waals surface area contributed by atoms with Gasteiger partial charge < -0.3 is 14.8 Å². The highest BCUT2D eigenvalue weighted by Gasteiger charge is 2.23. The van der Waals surface area contributed by atoms with Crippen LogP contribution in [0.25, 0.3) is 22.4 Å². The maximum absolute atomic E-state index is 11.9. The minimum Gasteiger partial charge on any atom is -0.497 e. The normalized spacial score (nSPS) is 10.5. The number of methoxy groups -OCH3 is 1. The van der Waals surface area contributed by atoms with Gasteiger partial charge >= 0.3 is 5.97 Å². The Morgan fingerprint density at radius 2 is 2.00 bits per heavy atom. The van der Waals surface area contributed by atoms with Crippen molar-refractivity contribution in [3.63, 3.8) is 0 Å². The van der Waals surface area contributed by atoms with E-state index in [0.717, 1.165) is 16.8 Å². The van der Waals surface area contributed by atoms with Gasteiger partial charge in [0.2, 0.25) is 0 Å². The quantitative estimate of drug-likeness (QED) is 0.769. The number of nitrogens with one attached hydrogen (secondary N) is 1. The molecule has 0 saturated heterocycles. The lowest BCUT2D eigenvalue weighted by Crippen LogP contribution is -2.00. The second kappa shape index (κ2) is 5.96. The van der Waals surface area contributed by atoms with Gasteiger partial charge in [-0.25, -0.2) is 4.79 Å². The fourth-order valence-corrected chi connectivity index (χ4v) is 2.71. The number of pyridine rings is 1. The zero-order chi connectivity index (χ0) is 16.4. The van der Waals surface area contributed by atoms with Crippen LogP contribution in [-0.4, -0.2) is 28.2 Å². The Hall–Kier alpha value is -3.08. The summed E-state index contributed by atoms with van der Waals surface area (Å²) in [4.78, 5) is 19.2. The number of aromatic carboxylic acids is 1. The van der Waals surface area contributed by atoms with Crippen LogP contribution in [0.5, 0.6) is 5.75 Å². The van der Waals surface area contributed by atoms with Crippen molar-refractivity contribution >= 4 is 5.97 Å².